The van der Waals surface area contributed by atoms with E-state index < -0.39 is 0 Å². The summed E-state index contributed by atoms with van der Waals surface area (Å²) in [5.74, 6) is 2.36. The van der Waals surface area contributed by atoms with E-state index in [1.807, 2.05) is 49.4 Å². The summed E-state index contributed by atoms with van der Waals surface area (Å²) in [6, 6.07) is 17.5. The molecule has 0 unspecified atom stereocenters. The summed E-state index contributed by atoms with van der Waals surface area (Å²) in [6.07, 6.45) is 1.73. The van der Waals surface area contributed by atoms with Gasteiger partial charge in [-0.05, 0) is 54.4 Å². The molecule has 2 N–H and O–H groups in total. The number of benzene rings is 2. The summed E-state index contributed by atoms with van der Waals surface area (Å²) in [7, 11) is 1.62. The third kappa shape index (κ3) is 6.48. The fourth-order valence-corrected chi connectivity index (χ4v) is 2.67. The van der Waals surface area contributed by atoms with Crippen molar-refractivity contribution in [3.05, 3.63) is 83.8 Å². The number of hydrogen-bond donors (Lipinski definition) is 2. The second-order valence-corrected chi connectivity index (χ2v) is 6.46. The lowest BCUT2D eigenvalue weighted by atomic mass is 10.2. The van der Waals surface area contributed by atoms with E-state index >= 15 is 0 Å². The van der Waals surface area contributed by atoms with Crippen LogP contribution in [0.5, 0.6) is 17.4 Å². The van der Waals surface area contributed by atoms with Crippen molar-refractivity contribution in [1.82, 2.24) is 15.6 Å². The summed E-state index contributed by atoms with van der Waals surface area (Å²) in [6.45, 7) is 3.65. The number of nitrogens with zero attached hydrogens (tertiary/aromatic N) is 2. The molecule has 0 amide bonds. The number of pyridine rings is 1. The standard InChI is InChI=1S/C23H25FN4O2/c1-3-25-23(27-14-17-5-4-6-19(24)13-17)28-16-18-7-12-22(26-15-18)30-21-10-8-20(29-2)9-11-21/h4-13,15H,3,14,16H2,1-2H3,(H2,25,27,28). The molecule has 7 heteroatoms. The van der Waals surface area contributed by atoms with Crippen LogP contribution in [0.3, 0.4) is 0 Å². The minimum Gasteiger partial charge on any atom is -0.497 e. The molecular formula is C23H25FN4O2. The molecule has 0 aliphatic heterocycles. The van der Waals surface area contributed by atoms with Crippen molar-refractivity contribution in [2.45, 2.75) is 20.0 Å². The minimum atomic E-state index is -0.251. The van der Waals surface area contributed by atoms with Crippen LogP contribution >= 0.6 is 0 Å². The van der Waals surface area contributed by atoms with Crippen LogP contribution in [-0.2, 0) is 13.1 Å². The Hall–Kier alpha value is -3.61. The van der Waals surface area contributed by atoms with Gasteiger partial charge in [-0.3, -0.25) is 0 Å². The highest BCUT2D eigenvalue weighted by molar-refractivity contribution is 5.79. The molecule has 0 spiro atoms. The van der Waals surface area contributed by atoms with Crippen LogP contribution in [0, 0.1) is 5.82 Å². The van der Waals surface area contributed by atoms with Crippen molar-refractivity contribution in [3.8, 4) is 17.4 Å². The van der Waals surface area contributed by atoms with Gasteiger partial charge in [-0.25, -0.2) is 14.4 Å². The Kier molecular flexibility index (Phi) is 7.60. The quantitative estimate of drug-likeness (QED) is 0.430. The maximum atomic E-state index is 13.3. The van der Waals surface area contributed by atoms with E-state index in [9.17, 15) is 4.39 Å². The molecule has 2 aromatic carbocycles. The molecule has 0 saturated carbocycles. The van der Waals surface area contributed by atoms with Crippen molar-refractivity contribution in [1.29, 1.82) is 0 Å². The molecule has 6 nitrogen and oxygen atoms in total. The van der Waals surface area contributed by atoms with Crippen LogP contribution in [-0.4, -0.2) is 24.6 Å². The van der Waals surface area contributed by atoms with Crippen LogP contribution in [0.2, 0.25) is 0 Å². The molecule has 0 aliphatic carbocycles. The summed E-state index contributed by atoms with van der Waals surface area (Å²) in [4.78, 5) is 8.90. The predicted molar refractivity (Wildman–Crippen MR) is 115 cm³/mol. The lowest BCUT2D eigenvalue weighted by molar-refractivity contribution is 0.412. The molecule has 0 fully saturated rings. The van der Waals surface area contributed by atoms with Crippen molar-refractivity contribution in [2.24, 2.45) is 4.99 Å². The number of rotatable bonds is 8. The molecule has 3 rings (SSSR count). The third-order valence-corrected chi connectivity index (χ3v) is 4.19. The van der Waals surface area contributed by atoms with Gasteiger partial charge in [0.15, 0.2) is 5.96 Å². The smallest absolute Gasteiger partial charge is 0.219 e. The second-order valence-electron chi connectivity index (χ2n) is 6.46. The fraction of sp³-hybridized carbons (Fsp3) is 0.217. The Morgan fingerprint density at radius 1 is 1.00 bits per heavy atom. The van der Waals surface area contributed by atoms with Crippen molar-refractivity contribution < 1.29 is 13.9 Å². The number of aromatic nitrogens is 1. The predicted octanol–water partition coefficient (Wildman–Crippen LogP) is 4.28. The molecule has 30 heavy (non-hydrogen) atoms. The highest BCUT2D eigenvalue weighted by Gasteiger charge is 2.02. The van der Waals surface area contributed by atoms with Gasteiger partial charge in [0.05, 0.1) is 13.7 Å². The summed E-state index contributed by atoms with van der Waals surface area (Å²) < 4.78 is 24.2. The highest BCUT2D eigenvalue weighted by atomic mass is 19.1. The molecule has 0 aliphatic rings. The van der Waals surface area contributed by atoms with E-state index in [0.717, 1.165) is 23.4 Å². The largest absolute Gasteiger partial charge is 0.497 e. The first-order valence-corrected chi connectivity index (χ1v) is 9.69. The molecular weight excluding hydrogens is 383 g/mol. The van der Waals surface area contributed by atoms with Gasteiger partial charge >= 0.3 is 0 Å². The Morgan fingerprint density at radius 2 is 1.80 bits per heavy atom. The topological polar surface area (TPSA) is 67.8 Å². The van der Waals surface area contributed by atoms with Gasteiger partial charge in [0, 0.05) is 25.4 Å². The van der Waals surface area contributed by atoms with Crippen LogP contribution < -0.4 is 20.1 Å². The molecule has 0 bridgehead atoms. The van der Waals surface area contributed by atoms with Gasteiger partial charge in [-0.1, -0.05) is 18.2 Å². The molecule has 156 valence electrons. The van der Waals surface area contributed by atoms with Crippen molar-refractivity contribution >= 4 is 5.96 Å². The van der Waals surface area contributed by atoms with Crippen molar-refractivity contribution in [3.63, 3.8) is 0 Å². The monoisotopic (exact) mass is 408 g/mol. The number of hydrogen-bond acceptors (Lipinski definition) is 4. The lowest BCUT2D eigenvalue weighted by Gasteiger charge is -2.11. The Balaban J connectivity index is 1.56. The van der Waals surface area contributed by atoms with Crippen LogP contribution in [0.1, 0.15) is 18.1 Å². The number of nitrogens with one attached hydrogen (secondary N) is 2. The van der Waals surface area contributed by atoms with E-state index in [-0.39, 0.29) is 5.82 Å². The van der Waals surface area contributed by atoms with Gasteiger partial charge < -0.3 is 20.1 Å². The maximum Gasteiger partial charge on any atom is 0.219 e. The lowest BCUT2D eigenvalue weighted by Crippen LogP contribution is -2.36. The average Bonchev–Trinajstić information content (AvgIpc) is 2.77. The Labute approximate surface area is 175 Å². The normalized spacial score (nSPS) is 11.1. The van der Waals surface area contributed by atoms with Gasteiger partial charge in [0.2, 0.25) is 5.88 Å². The second kappa shape index (κ2) is 10.8. The number of ether oxygens (including phenoxy) is 2. The maximum absolute atomic E-state index is 13.3. The molecule has 0 radical (unpaired) electrons. The number of guanidine groups is 1. The van der Waals surface area contributed by atoms with E-state index in [2.05, 4.69) is 20.6 Å². The highest BCUT2D eigenvalue weighted by Crippen LogP contribution is 2.22. The third-order valence-electron chi connectivity index (χ3n) is 4.19. The summed E-state index contributed by atoms with van der Waals surface area (Å²) >= 11 is 0. The summed E-state index contributed by atoms with van der Waals surface area (Å²) in [5.41, 5.74) is 1.79. The zero-order valence-electron chi connectivity index (χ0n) is 17.1. The van der Waals surface area contributed by atoms with E-state index in [4.69, 9.17) is 9.47 Å². The van der Waals surface area contributed by atoms with Crippen LogP contribution in [0.4, 0.5) is 4.39 Å². The average molecular weight is 408 g/mol. The van der Waals surface area contributed by atoms with Gasteiger partial charge in [0.25, 0.3) is 0 Å². The van der Waals surface area contributed by atoms with Gasteiger partial charge in [0.1, 0.15) is 17.3 Å². The minimum absolute atomic E-state index is 0.251. The van der Waals surface area contributed by atoms with Crippen molar-refractivity contribution in [2.75, 3.05) is 13.7 Å². The first-order valence-electron chi connectivity index (χ1n) is 9.69. The number of methoxy groups -OCH3 is 1. The number of halogens is 1. The molecule has 0 atom stereocenters. The summed E-state index contributed by atoms with van der Waals surface area (Å²) in [5, 5.41) is 6.39. The Morgan fingerprint density at radius 3 is 2.47 bits per heavy atom. The number of aliphatic imine (C=N–C) groups is 1. The SMILES string of the molecule is CCNC(=NCc1ccc(Oc2ccc(OC)cc2)nc1)NCc1cccc(F)c1. The molecule has 1 heterocycles. The first kappa shape index (κ1) is 21.1. The Bertz CT molecular complexity index is 960. The van der Waals surface area contributed by atoms with Crippen LogP contribution in [0.15, 0.2) is 71.9 Å². The van der Waals surface area contributed by atoms with E-state index in [0.29, 0.717) is 30.7 Å². The van der Waals surface area contributed by atoms with Crippen LogP contribution in [0.25, 0.3) is 0 Å². The molecule has 0 saturated heterocycles. The van der Waals surface area contributed by atoms with Gasteiger partial charge in [-0.15, -0.1) is 0 Å². The fourth-order valence-electron chi connectivity index (χ4n) is 2.67. The van der Waals surface area contributed by atoms with E-state index in [1.165, 1.54) is 12.1 Å². The van der Waals surface area contributed by atoms with E-state index in [1.54, 1.807) is 19.4 Å². The molecule has 1 aromatic heterocycles. The first-order chi connectivity index (χ1) is 14.7. The zero-order chi connectivity index (χ0) is 21.2. The molecule has 3 aromatic rings. The zero-order valence-corrected chi connectivity index (χ0v) is 17.1. The van der Waals surface area contributed by atoms with Gasteiger partial charge in [-0.2, -0.15) is 0 Å².